The zero-order chi connectivity index (χ0) is 20.6. The summed E-state index contributed by atoms with van der Waals surface area (Å²) >= 11 is 6.01. The summed E-state index contributed by atoms with van der Waals surface area (Å²) in [5, 5.41) is 14.2. The molecule has 0 bridgehead atoms. The van der Waals surface area contributed by atoms with Crippen molar-refractivity contribution in [3.63, 3.8) is 0 Å². The molecular formula is C18H13ClF3N3O3. The average Bonchev–Trinajstić information content (AvgIpc) is 2.62. The molecule has 0 aliphatic carbocycles. The monoisotopic (exact) mass is 411 g/mol. The van der Waals surface area contributed by atoms with Gasteiger partial charge < -0.3 is 15.3 Å². The minimum atomic E-state index is -4.64. The molecule has 0 aliphatic heterocycles. The standard InChI is InChI=1S/C18H13ClF3N3O3/c1-9-7-25(27)8-12(19)15(9)24-17(26)11-3-5-13(28-2)16-10(11)4-6-14(23-16)18(20,21)22/h3-8H,1-2H3,(H,24,26). The van der Waals surface area contributed by atoms with Crippen LogP contribution in [0.25, 0.3) is 10.9 Å². The molecule has 0 spiro atoms. The van der Waals surface area contributed by atoms with Crippen LogP contribution in [0.5, 0.6) is 5.75 Å². The number of carbonyl (C=O) groups excluding carboxylic acids is 1. The van der Waals surface area contributed by atoms with Crippen LogP contribution in [0.2, 0.25) is 5.02 Å². The van der Waals surface area contributed by atoms with E-state index >= 15 is 0 Å². The quantitative estimate of drug-likeness (QED) is 0.519. The molecule has 3 rings (SSSR count). The molecule has 0 unspecified atom stereocenters. The average molecular weight is 412 g/mol. The van der Waals surface area contributed by atoms with Crippen molar-refractivity contribution in [3.8, 4) is 5.75 Å². The third-order valence-electron chi connectivity index (χ3n) is 4.01. The zero-order valence-electron chi connectivity index (χ0n) is 14.6. The van der Waals surface area contributed by atoms with Gasteiger partial charge in [-0.25, -0.2) is 4.98 Å². The highest BCUT2D eigenvalue weighted by atomic mass is 35.5. The Kier molecular flexibility index (Phi) is 5.03. The molecule has 0 atom stereocenters. The summed E-state index contributed by atoms with van der Waals surface area (Å²) in [6, 6.07) is 4.72. The van der Waals surface area contributed by atoms with E-state index in [1.54, 1.807) is 6.92 Å². The number of benzene rings is 1. The molecule has 0 radical (unpaired) electrons. The highest BCUT2D eigenvalue weighted by Crippen LogP contribution is 2.33. The van der Waals surface area contributed by atoms with Gasteiger partial charge in [-0.15, -0.1) is 0 Å². The van der Waals surface area contributed by atoms with E-state index in [1.807, 2.05) is 0 Å². The van der Waals surface area contributed by atoms with Crippen molar-refractivity contribution in [3.05, 3.63) is 63.7 Å². The third-order valence-corrected chi connectivity index (χ3v) is 4.29. The number of ether oxygens (including phenoxy) is 1. The first-order chi connectivity index (χ1) is 13.1. The number of carbonyl (C=O) groups is 1. The Labute approximate surface area is 162 Å². The molecule has 1 N–H and O–H groups in total. The summed E-state index contributed by atoms with van der Waals surface area (Å²) in [7, 11) is 1.29. The number of aromatic nitrogens is 2. The molecule has 0 saturated heterocycles. The van der Waals surface area contributed by atoms with Crippen LogP contribution in [0.15, 0.2) is 36.7 Å². The molecule has 0 fully saturated rings. The van der Waals surface area contributed by atoms with Gasteiger partial charge in [-0.2, -0.15) is 17.9 Å². The SMILES string of the molecule is COc1ccc(C(=O)Nc2c(C)c[n+]([O-])cc2Cl)c2ccc(C(F)(F)F)nc12. The van der Waals surface area contributed by atoms with Crippen LogP contribution in [0.1, 0.15) is 21.6 Å². The zero-order valence-corrected chi connectivity index (χ0v) is 15.4. The normalized spacial score (nSPS) is 11.5. The van der Waals surface area contributed by atoms with Gasteiger partial charge in [-0.3, -0.25) is 4.79 Å². The highest BCUT2D eigenvalue weighted by Gasteiger charge is 2.33. The van der Waals surface area contributed by atoms with E-state index < -0.39 is 17.8 Å². The second-order valence-electron chi connectivity index (χ2n) is 5.88. The fourth-order valence-corrected chi connectivity index (χ4v) is 3.00. The van der Waals surface area contributed by atoms with Gasteiger partial charge in [-0.1, -0.05) is 11.6 Å². The molecule has 3 aromatic rings. The number of hydrogen-bond donors (Lipinski definition) is 1. The number of hydrogen-bond acceptors (Lipinski definition) is 4. The largest absolute Gasteiger partial charge is 0.619 e. The number of rotatable bonds is 3. The van der Waals surface area contributed by atoms with Gasteiger partial charge in [0.1, 0.15) is 22.0 Å². The lowest BCUT2D eigenvalue weighted by Gasteiger charge is -2.14. The molecule has 1 aromatic carbocycles. The number of anilines is 1. The van der Waals surface area contributed by atoms with Crippen LogP contribution in [0.4, 0.5) is 18.9 Å². The summed E-state index contributed by atoms with van der Waals surface area (Å²) in [4.78, 5) is 16.4. The highest BCUT2D eigenvalue weighted by molar-refractivity contribution is 6.34. The van der Waals surface area contributed by atoms with Crippen molar-refractivity contribution >= 4 is 34.1 Å². The maximum Gasteiger partial charge on any atom is 0.433 e. The second kappa shape index (κ2) is 7.16. The lowest BCUT2D eigenvalue weighted by molar-refractivity contribution is -0.605. The number of aryl methyl sites for hydroxylation is 1. The molecule has 2 heterocycles. The van der Waals surface area contributed by atoms with Gasteiger partial charge in [0.25, 0.3) is 5.91 Å². The second-order valence-corrected chi connectivity index (χ2v) is 6.29. The lowest BCUT2D eigenvalue weighted by Crippen LogP contribution is -2.26. The predicted octanol–water partition coefficient (Wildman–Crippen LogP) is 4.11. The molecule has 6 nitrogen and oxygen atoms in total. The van der Waals surface area contributed by atoms with E-state index in [0.29, 0.717) is 10.3 Å². The number of nitrogens with one attached hydrogen (secondary N) is 1. The molecule has 2 aromatic heterocycles. The Balaban J connectivity index is 2.09. The van der Waals surface area contributed by atoms with Crippen LogP contribution in [-0.2, 0) is 6.18 Å². The van der Waals surface area contributed by atoms with Gasteiger partial charge >= 0.3 is 6.18 Å². The minimum Gasteiger partial charge on any atom is -0.619 e. The van der Waals surface area contributed by atoms with E-state index in [-0.39, 0.29) is 32.9 Å². The van der Waals surface area contributed by atoms with E-state index in [0.717, 1.165) is 18.3 Å². The number of fused-ring (bicyclic) bond motifs is 1. The number of methoxy groups -OCH3 is 1. The van der Waals surface area contributed by atoms with Gasteiger partial charge in [0.15, 0.2) is 6.20 Å². The summed E-state index contributed by atoms with van der Waals surface area (Å²) in [5.74, 6) is -0.526. The smallest absolute Gasteiger partial charge is 0.433 e. The molecular weight excluding hydrogens is 399 g/mol. The number of amides is 1. The van der Waals surface area contributed by atoms with E-state index in [1.165, 1.54) is 25.4 Å². The summed E-state index contributed by atoms with van der Waals surface area (Å²) in [5.41, 5.74) is -0.476. The Morgan fingerprint density at radius 2 is 1.96 bits per heavy atom. The van der Waals surface area contributed by atoms with Gasteiger partial charge in [0.2, 0.25) is 6.20 Å². The van der Waals surface area contributed by atoms with Crippen LogP contribution >= 0.6 is 11.6 Å². The molecule has 146 valence electrons. The van der Waals surface area contributed by atoms with E-state index in [9.17, 15) is 23.2 Å². The van der Waals surface area contributed by atoms with Crippen molar-refractivity contribution in [2.75, 3.05) is 12.4 Å². The van der Waals surface area contributed by atoms with Crippen LogP contribution in [0.3, 0.4) is 0 Å². The Hall–Kier alpha value is -3.07. The minimum absolute atomic E-state index is 0.0265. The number of nitrogens with zero attached hydrogens (tertiary/aromatic N) is 2. The van der Waals surface area contributed by atoms with Crippen molar-refractivity contribution in [1.82, 2.24) is 4.98 Å². The van der Waals surface area contributed by atoms with Crippen molar-refractivity contribution in [1.29, 1.82) is 0 Å². The number of pyridine rings is 2. The Bertz CT molecular complexity index is 1060. The maximum atomic E-state index is 13.0. The first-order valence-electron chi connectivity index (χ1n) is 7.87. The summed E-state index contributed by atoms with van der Waals surface area (Å²) in [6.45, 7) is 1.58. The fourth-order valence-electron chi connectivity index (χ4n) is 2.71. The van der Waals surface area contributed by atoms with E-state index in [4.69, 9.17) is 16.3 Å². The van der Waals surface area contributed by atoms with Gasteiger partial charge in [-0.05, 0) is 31.2 Å². The van der Waals surface area contributed by atoms with Gasteiger partial charge in [0.05, 0.1) is 12.8 Å². The number of halogens is 4. The summed E-state index contributed by atoms with van der Waals surface area (Å²) in [6.07, 6.45) is -2.34. The molecule has 0 saturated carbocycles. The topological polar surface area (TPSA) is 78.2 Å². The molecule has 1 amide bonds. The third kappa shape index (κ3) is 3.65. The first-order valence-corrected chi connectivity index (χ1v) is 8.25. The van der Waals surface area contributed by atoms with Crippen molar-refractivity contribution < 1.29 is 27.4 Å². The Morgan fingerprint density at radius 3 is 2.57 bits per heavy atom. The van der Waals surface area contributed by atoms with Crippen LogP contribution in [-0.4, -0.2) is 18.0 Å². The number of alkyl halides is 3. The van der Waals surface area contributed by atoms with Crippen LogP contribution < -0.4 is 14.8 Å². The first kappa shape index (κ1) is 19.7. The van der Waals surface area contributed by atoms with Gasteiger partial charge in [0, 0.05) is 16.5 Å². The molecule has 10 heteroatoms. The van der Waals surface area contributed by atoms with Crippen molar-refractivity contribution in [2.24, 2.45) is 0 Å². The maximum absolute atomic E-state index is 13.0. The van der Waals surface area contributed by atoms with Crippen molar-refractivity contribution in [2.45, 2.75) is 13.1 Å². The Morgan fingerprint density at radius 1 is 1.25 bits per heavy atom. The molecule has 28 heavy (non-hydrogen) atoms. The lowest BCUT2D eigenvalue weighted by atomic mass is 10.1. The summed E-state index contributed by atoms with van der Waals surface area (Å²) < 4.78 is 44.6. The predicted molar refractivity (Wildman–Crippen MR) is 96.4 cm³/mol. The molecule has 0 aliphatic rings. The fraction of sp³-hybridized carbons (Fsp3) is 0.167. The van der Waals surface area contributed by atoms with Crippen LogP contribution in [0, 0.1) is 12.1 Å². The van der Waals surface area contributed by atoms with E-state index in [2.05, 4.69) is 10.3 Å².